The molecule has 2 N–H and O–H groups in total. The van der Waals surface area contributed by atoms with Crippen LogP contribution in [0.3, 0.4) is 0 Å². The number of fused-ring (bicyclic) bond motifs is 1. The lowest BCUT2D eigenvalue weighted by molar-refractivity contribution is 0.248. The van der Waals surface area contributed by atoms with Gasteiger partial charge in [0.2, 0.25) is 0 Å². The largest absolute Gasteiger partial charge is 0.495 e. The summed E-state index contributed by atoms with van der Waals surface area (Å²) in [5.41, 5.74) is 1.22. The number of amides is 2. The maximum atomic E-state index is 13.6. The fourth-order valence-electron chi connectivity index (χ4n) is 2.79. The van der Waals surface area contributed by atoms with Crippen LogP contribution in [0.4, 0.5) is 14.9 Å². The molecule has 0 radical (unpaired) electrons. The Hall–Kier alpha value is -2.12. The monoisotopic (exact) mass is 396 g/mol. The van der Waals surface area contributed by atoms with Crippen molar-refractivity contribution in [1.82, 2.24) is 5.32 Å². The van der Waals surface area contributed by atoms with Gasteiger partial charge in [0.25, 0.3) is 0 Å². The first-order valence-corrected chi connectivity index (χ1v) is 9.29. The van der Waals surface area contributed by atoms with E-state index in [-0.39, 0.29) is 11.9 Å². The molecule has 0 saturated heterocycles. The Morgan fingerprint density at radius 2 is 2.00 bits per heavy atom. The van der Waals surface area contributed by atoms with Crippen LogP contribution < -0.4 is 20.1 Å². The van der Waals surface area contributed by atoms with Crippen LogP contribution in [-0.2, 0) is 0 Å². The molecule has 5 nitrogen and oxygen atoms in total. The molecule has 2 aromatic carbocycles. The van der Waals surface area contributed by atoms with Crippen molar-refractivity contribution in [2.24, 2.45) is 0 Å². The number of halogens is 2. The summed E-state index contributed by atoms with van der Waals surface area (Å²) >= 11 is 7.73. The highest BCUT2D eigenvalue weighted by Gasteiger charge is 2.23. The number of hydrogen-bond donors (Lipinski definition) is 2. The fourth-order valence-corrected chi connectivity index (χ4v) is 4.13. The highest BCUT2D eigenvalue weighted by atomic mass is 35.5. The van der Waals surface area contributed by atoms with Gasteiger partial charge >= 0.3 is 6.03 Å². The molecule has 26 heavy (non-hydrogen) atoms. The summed E-state index contributed by atoms with van der Waals surface area (Å²) in [6, 6.07) is 7.12. The van der Waals surface area contributed by atoms with E-state index in [0.717, 1.165) is 22.6 Å². The van der Waals surface area contributed by atoms with Crippen LogP contribution >= 0.6 is 23.4 Å². The average molecular weight is 397 g/mol. The molecule has 1 aliphatic rings. The van der Waals surface area contributed by atoms with Crippen molar-refractivity contribution in [3.05, 3.63) is 46.7 Å². The van der Waals surface area contributed by atoms with E-state index >= 15 is 0 Å². The van der Waals surface area contributed by atoms with E-state index in [1.165, 1.54) is 26.4 Å². The van der Waals surface area contributed by atoms with Crippen molar-refractivity contribution in [2.75, 3.05) is 25.3 Å². The normalized spacial score (nSPS) is 15.8. The third-order valence-electron chi connectivity index (χ3n) is 4.04. The van der Waals surface area contributed by atoms with Crippen molar-refractivity contribution in [3.63, 3.8) is 0 Å². The van der Waals surface area contributed by atoms with Crippen LogP contribution in [0.1, 0.15) is 18.0 Å². The van der Waals surface area contributed by atoms with Crippen LogP contribution in [0, 0.1) is 5.82 Å². The number of benzene rings is 2. The number of urea groups is 1. The van der Waals surface area contributed by atoms with E-state index in [0.29, 0.717) is 22.2 Å². The molecule has 1 atom stereocenters. The van der Waals surface area contributed by atoms with Crippen molar-refractivity contribution >= 4 is 35.1 Å². The zero-order valence-electron chi connectivity index (χ0n) is 14.3. The number of rotatable bonds is 4. The second-order valence-electron chi connectivity index (χ2n) is 5.66. The molecule has 0 spiro atoms. The van der Waals surface area contributed by atoms with Crippen molar-refractivity contribution in [1.29, 1.82) is 0 Å². The Balaban J connectivity index is 1.77. The molecule has 0 aliphatic carbocycles. The maximum absolute atomic E-state index is 13.6. The lowest BCUT2D eigenvalue weighted by Gasteiger charge is -2.26. The average Bonchev–Trinajstić information content (AvgIpc) is 2.63. The van der Waals surface area contributed by atoms with E-state index in [4.69, 9.17) is 21.1 Å². The SMILES string of the molecule is COc1cc(NC(=O)NC2CCSc3ccc(F)cc32)c(OC)cc1Cl. The van der Waals surface area contributed by atoms with E-state index in [9.17, 15) is 9.18 Å². The summed E-state index contributed by atoms with van der Waals surface area (Å²) in [6.45, 7) is 0. The van der Waals surface area contributed by atoms with Crippen molar-refractivity contribution < 1.29 is 18.7 Å². The predicted octanol–water partition coefficient (Wildman–Crippen LogP) is 4.85. The number of ether oxygens (including phenoxy) is 2. The van der Waals surface area contributed by atoms with Crippen molar-refractivity contribution in [2.45, 2.75) is 17.4 Å². The molecule has 0 bridgehead atoms. The topological polar surface area (TPSA) is 59.6 Å². The number of thioether (sulfide) groups is 1. The van der Waals surface area contributed by atoms with Crippen LogP contribution in [0.5, 0.6) is 11.5 Å². The second kappa shape index (κ2) is 8.05. The van der Waals surface area contributed by atoms with E-state index < -0.39 is 6.03 Å². The van der Waals surface area contributed by atoms with Gasteiger partial charge in [0.05, 0.1) is 31.0 Å². The van der Waals surface area contributed by atoms with Crippen LogP contribution in [0.15, 0.2) is 35.2 Å². The molecular formula is C18H18ClFN2O3S. The molecule has 0 saturated carbocycles. The Morgan fingerprint density at radius 1 is 1.23 bits per heavy atom. The molecule has 1 heterocycles. The van der Waals surface area contributed by atoms with Gasteiger partial charge in [-0.1, -0.05) is 11.6 Å². The van der Waals surface area contributed by atoms with Crippen LogP contribution in [0.2, 0.25) is 5.02 Å². The molecule has 0 fully saturated rings. The van der Waals surface area contributed by atoms with E-state index in [1.807, 2.05) is 0 Å². The number of nitrogens with one attached hydrogen (secondary N) is 2. The first-order valence-electron chi connectivity index (χ1n) is 7.93. The molecule has 2 aromatic rings. The number of methoxy groups -OCH3 is 2. The molecule has 3 rings (SSSR count). The summed E-state index contributed by atoms with van der Waals surface area (Å²) in [5.74, 6) is 1.37. The second-order valence-corrected chi connectivity index (χ2v) is 7.20. The van der Waals surface area contributed by atoms with Gasteiger partial charge in [-0.05, 0) is 30.2 Å². The number of carbonyl (C=O) groups excluding carboxylic acids is 1. The minimum atomic E-state index is -0.417. The standard InChI is InChI=1S/C18H18ClFN2O3S/c1-24-15-9-14(16(25-2)8-12(15)19)22-18(23)21-13-5-6-26-17-4-3-10(20)7-11(13)17/h3-4,7-9,13H,5-6H2,1-2H3,(H2,21,22,23). The van der Waals surface area contributed by atoms with Gasteiger partial charge in [-0.3, -0.25) is 0 Å². The Labute approximate surface area is 160 Å². The lowest BCUT2D eigenvalue weighted by atomic mass is 10.0. The van der Waals surface area contributed by atoms with Gasteiger partial charge in [-0.15, -0.1) is 11.8 Å². The molecule has 138 valence electrons. The predicted molar refractivity (Wildman–Crippen MR) is 101 cm³/mol. The van der Waals surface area contributed by atoms with Gasteiger partial charge in [0.1, 0.15) is 17.3 Å². The summed E-state index contributed by atoms with van der Waals surface area (Å²) in [6.07, 6.45) is 0.718. The van der Waals surface area contributed by atoms with Gasteiger partial charge in [0.15, 0.2) is 0 Å². The third kappa shape index (κ3) is 3.99. The Bertz CT molecular complexity index is 834. The highest BCUT2D eigenvalue weighted by Crippen LogP contribution is 2.38. The molecule has 2 amide bonds. The third-order valence-corrected chi connectivity index (χ3v) is 5.46. The number of carbonyl (C=O) groups is 1. The Morgan fingerprint density at radius 3 is 2.73 bits per heavy atom. The molecule has 1 unspecified atom stereocenters. The first-order chi connectivity index (χ1) is 12.5. The van der Waals surface area contributed by atoms with Crippen LogP contribution in [-0.4, -0.2) is 26.0 Å². The molecule has 1 aliphatic heterocycles. The minimum Gasteiger partial charge on any atom is -0.495 e. The lowest BCUT2D eigenvalue weighted by Crippen LogP contribution is -2.34. The summed E-state index contributed by atoms with van der Waals surface area (Å²) in [5, 5.41) is 6.02. The first kappa shape index (κ1) is 18.7. The summed E-state index contributed by atoms with van der Waals surface area (Å²) < 4.78 is 24.0. The number of anilines is 1. The van der Waals surface area contributed by atoms with Gasteiger partial charge < -0.3 is 20.1 Å². The zero-order chi connectivity index (χ0) is 18.7. The summed E-state index contributed by atoms with van der Waals surface area (Å²) in [7, 11) is 2.97. The van der Waals surface area contributed by atoms with Gasteiger partial charge in [-0.25, -0.2) is 9.18 Å². The maximum Gasteiger partial charge on any atom is 0.319 e. The van der Waals surface area contributed by atoms with Gasteiger partial charge in [0, 0.05) is 22.8 Å². The minimum absolute atomic E-state index is 0.262. The van der Waals surface area contributed by atoms with Gasteiger partial charge in [-0.2, -0.15) is 0 Å². The molecule has 8 heteroatoms. The fraction of sp³-hybridized carbons (Fsp3) is 0.278. The molecular weight excluding hydrogens is 379 g/mol. The van der Waals surface area contributed by atoms with Crippen molar-refractivity contribution in [3.8, 4) is 11.5 Å². The Kier molecular flexibility index (Phi) is 5.78. The highest BCUT2D eigenvalue weighted by molar-refractivity contribution is 7.99. The van der Waals surface area contributed by atoms with E-state index in [1.54, 1.807) is 30.0 Å². The smallest absolute Gasteiger partial charge is 0.319 e. The molecule has 0 aromatic heterocycles. The van der Waals surface area contributed by atoms with Crippen LogP contribution in [0.25, 0.3) is 0 Å². The zero-order valence-corrected chi connectivity index (χ0v) is 15.8. The summed E-state index contributed by atoms with van der Waals surface area (Å²) in [4.78, 5) is 13.5. The number of hydrogen-bond acceptors (Lipinski definition) is 4. The van der Waals surface area contributed by atoms with E-state index in [2.05, 4.69) is 10.6 Å². The quantitative estimate of drug-likeness (QED) is 0.775.